The maximum absolute atomic E-state index is 12.4. The Balaban J connectivity index is 0.000000771. The third-order valence-corrected chi connectivity index (χ3v) is 3.80. The minimum atomic E-state index is -4.22. The van der Waals surface area contributed by atoms with E-state index in [0.29, 0.717) is 20.1 Å². The van der Waals surface area contributed by atoms with Crippen LogP contribution in [0.4, 0.5) is 13.2 Å². The van der Waals surface area contributed by atoms with Crippen LogP contribution in [0.5, 0.6) is 0 Å². The van der Waals surface area contributed by atoms with Gasteiger partial charge in [0.15, 0.2) is 0 Å². The van der Waals surface area contributed by atoms with Crippen molar-refractivity contribution in [3.8, 4) is 0 Å². The number of thiophene rings is 1. The first kappa shape index (κ1) is 15.2. The third kappa shape index (κ3) is 3.36. The minimum Gasteiger partial charge on any atom is -0.255 e. The summed E-state index contributed by atoms with van der Waals surface area (Å²) in [6, 6.07) is 1.58. The molecular formula is C12H13ClF3NS. The van der Waals surface area contributed by atoms with Gasteiger partial charge in [0.05, 0.1) is 21.7 Å². The van der Waals surface area contributed by atoms with Crippen molar-refractivity contribution in [2.75, 3.05) is 0 Å². The molecule has 0 aliphatic heterocycles. The molecule has 0 aromatic carbocycles. The SMILES string of the molecule is CC.Cc1sc2c(Cl)ccnc2c1CC(F)(F)F. The summed E-state index contributed by atoms with van der Waals surface area (Å²) in [5.41, 5.74) is 0.599. The van der Waals surface area contributed by atoms with Gasteiger partial charge >= 0.3 is 6.18 Å². The monoisotopic (exact) mass is 295 g/mol. The van der Waals surface area contributed by atoms with Crippen LogP contribution in [-0.4, -0.2) is 11.2 Å². The Morgan fingerprint density at radius 3 is 2.50 bits per heavy atom. The summed E-state index contributed by atoms with van der Waals surface area (Å²) < 4.78 is 37.7. The fraction of sp³-hybridized carbons (Fsp3) is 0.417. The highest BCUT2D eigenvalue weighted by molar-refractivity contribution is 7.19. The van der Waals surface area contributed by atoms with Crippen molar-refractivity contribution >= 4 is 33.2 Å². The Hall–Kier alpha value is -0.810. The van der Waals surface area contributed by atoms with Gasteiger partial charge in [0.2, 0.25) is 0 Å². The minimum absolute atomic E-state index is 0.231. The molecule has 0 spiro atoms. The largest absolute Gasteiger partial charge is 0.393 e. The average molecular weight is 296 g/mol. The first-order chi connectivity index (χ1) is 8.38. The summed E-state index contributed by atoms with van der Waals surface area (Å²) >= 11 is 7.15. The first-order valence-electron chi connectivity index (χ1n) is 5.48. The predicted molar refractivity (Wildman–Crippen MR) is 70.5 cm³/mol. The number of aryl methyl sites for hydroxylation is 1. The summed E-state index contributed by atoms with van der Waals surface area (Å²) in [5.74, 6) is 0. The normalized spacial score (nSPS) is 11.3. The Morgan fingerprint density at radius 2 is 1.94 bits per heavy atom. The van der Waals surface area contributed by atoms with Gasteiger partial charge in [0.1, 0.15) is 0 Å². The Labute approximate surface area is 113 Å². The molecule has 2 heterocycles. The van der Waals surface area contributed by atoms with Crippen LogP contribution in [0.1, 0.15) is 24.3 Å². The van der Waals surface area contributed by atoms with Crippen LogP contribution in [0.25, 0.3) is 10.2 Å². The molecule has 0 atom stereocenters. The Bertz CT molecular complexity index is 534. The van der Waals surface area contributed by atoms with Crippen LogP contribution < -0.4 is 0 Å². The zero-order valence-corrected chi connectivity index (χ0v) is 11.8. The van der Waals surface area contributed by atoms with Crippen LogP contribution in [0.15, 0.2) is 12.3 Å². The third-order valence-electron chi connectivity index (χ3n) is 2.20. The molecule has 0 aliphatic carbocycles. The van der Waals surface area contributed by atoms with Crippen LogP contribution in [-0.2, 0) is 6.42 Å². The molecular weight excluding hydrogens is 283 g/mol. The van der Waals surface area contributed by atoms with Gasteiger partial charge in [-0.2, -0.15) is 13.2 Å². The molecule has 6 heteroatoms. The van der Waals surface area contributed by atoms with E-state index in [1.165, 1.54) is 17.5 Å². The van der Waals surface area contributed by atoms with Crippen molar-refractivity contribution in [2.45, 2.75) is 33.4 Å². The zero-order valence-electron chi connectivity index (χ0n) is 10.2. The van der Waals surface area contributed by atoms with Crippen molar-refractivity contribution in [3.63, 3.8) is 0 Å². The molecule has 0 bridgehead atoms. The van der Waals surface area contributed by atoms with Crippen molar-refractivity contribution in [1.82, 2.24) is 4.98 Å². The van der Waals surface area contributed by atoms with Crippen LogP contribution in [0.3, 0.4) is 0 Å². The maximum atomic E-state index is 12.4. The van der Waals surface area contributed by atoms with Gasteiger partial charge in [-0.15, -0.1) is 11.3 Å². The molecule has 1 nitrogen and oxygen atoms in total. The van der Waals surface area contributed by atoms with E-state index < -0.39 is 12.6 Å². The van der Waals surface area contributed by atoms with Gasteiger partial charge in [-0.05, 0) is 13.0 Å². The second kappa shape index (κ2) is 5.89. The lowest BCUT2D eigenvalue weighted by Crippen LogP contribution is -2.12. The van der Waals surface area contributed by atoms with Crippen molar-refractivity contribution in [3.05, 3.63) is 27.7 Å². The number of pyridine rings is 1. The highest BCUT2D eigenvalue weighted by Crippen LogP contribution is 2.36. The van der Waals surface area contributed by atoms with Gasteiger partial charge in [0.25, 0.3) is 0 Å². The lowest BCUT2D eigenvalue weighted by Gasteiger charge is -2.05. The van der Waals surface area contributed by atoms with Crippen LogP contribution >= 0.6 is 22.9 Å². The number of rotatable bonds is 1. The molecule has 0 unspecified atom stereocenters. The van der Waals surface area contributed by atoms with E-state index in [0.717, 1.165) is 0 Å². The summed E-state index contributed by atoms with van der Waals surface area (Å²) in [7, 11) is 0. The van der Waals surface area contributed by atoms with E-state index in [2.05, 4.69) is 4.98 Å². The summed E-state index contributed by atoms with van der Waals surface area (Å²) in [5, 5.41) is 0.450. The van der Waals surface area contributed by atoms with Crippen molar-refractivity contribution in [1.29, 1.82) is 0 Å². The van der Waals surface area contributed by atoms with Crippen LogP contribution in [0, 0.1) is 6.92 Å². The molecule has 0 radical (unpaired) electrons. The number of hydrogen-bond donors (Lipinski definition) is 0. The number of fused-ring (bicyclic) bond motifs is 1. The fourth-order valence-corrected chi connectivity index (χ4v) is 2.82. The van der Waals surface area contributed by atoms with E-state index in [-0.39, 0.29) is 5.56 Å². The average Bonchev–Trinajstić information content (AvgIpc) is 2.59. The molecule has 2 aromatic heterocycles. The zero-order chi connectivity index (χ0) is 13.9. The van der Waals surface area contributed by atoms with Gasteiger partial charge in [0, 0.05) is 16.6 Å². The molecule has 2 aromatic rings. The number of nitrogens with zero attached hydrogens (tertiary/aromatic N) is 1. The maximum Gasteiger partial charge on any atom is 0.393 e. The quantitative estimate of drug-likeness (QED) is 0.687. The van der Waals surface area contributed by atoms with E-state index in [1.807, 2.05) is 13.8 Å². The van der Waals surface area contributed by atoms with E-state index in [9.17, 15) is 13.2 Å². The molecule has 0 N–H and O–H groups in total. The first-order valence-corrected chi connectivity index (χ1v) is 6.67. The highest BCUT2D eigenvalue weighted by Gasteiger charge is 2.30. The topological polar surface area (TPSA) is 12.9 Å². The summed E-state index contributed by atoms with van der Waals surface area (Å²) in [6.07, 6.45) is -3.74. The van der Waals surface area contributed by atoms with E-state index in [4.69, 9.17) is 11.6 Å². The lowest BCUT2D eigenvalue weighted by atomic mass is 10.1. The number of hydrogen-bond acceptors (Lipinski definition) is 2. The fourth-order valence-electron chi connectivity index (χ4n) is 1.53. The Kier molecular flexibility index (Phi) is 4.99. The molecule has 2 rings (SSSR count). The molecule has 0 aliphatic rings. The van der Waals surface area contributed by atoms with Gasteiger partial charge < -0.3 is 0 Å². The molecule has 18 heavy (non-hydrogen) atoms. The van der Waals surface area contributed by atoms with Gasteiger partial charge in [-0.1, -0.05) is 25.4 Å². The second-order valence-corrected chi connectivity index (χ2v) is 5.03. The smallest absolute Gasteiger partial charge is 0.255 e. The van der Waals surface area contributed by atoms with Gasteiger partial charge in [-0.3, -0.25) is 4.98 Å². The highest BCUT2D eigenvalue weighted by atomic mass is 35.5. The summed E-state index contributed by atoms with van der Waals surface area (Å²) in [4.78, 5) is 4.59. The predicted octanol–water partition coefficient (Wildman–Crippen LogP) is 5.39. The lowest BCUT2D eigenvalue weighted by molar-refractivity contribution is -0.127. The van der Waals surface area contributed by atoms with Crippen LogP contribution in [0.2, 0.25) is 5.02 Å². The van der Waals surface area contributed by atoms with E-state index in [1.54, 1.807) is 13.0 Å². The Morgan fingerprint density at radius 1 is 1.33 bits per heavy atom. The van der Waals surface area contributed by atoms with E-state index >= 15 is 0 Å². The molecule has 0 amide bonds. The molecule has 0 saturated heterocycles. The van der Waals surface area contributed by atoms with Crippen molar-refractivity contribution < 1.29 is 13.2 Å². The molecule has 0 fully saturated rings. The molecule has 100 valence electrons. The number of aromatic nitrogens is 1. The number of halogens is 4. The summed E-state index contributed by atoms with van der Waals surface area (Å²) in [6.45, 7) is 5.66. The number of alkyl halides is 3. The van der Waals surface area contributed by atoms with Crippen molar-refractivity contribution in [2.24, 2.45) is 0 Å². The second-order valence-electron chi connectivity index (χ2n) is 3.40. The van der Waals surface area contributed by atoms with Gasteiger partial charge in [-0.25, -0.2) is 0 Å². The molecule has 0 saturated carbocycles. The standard InChI is InChI=1S/C10H7ClF3NS.C2H6/c1-5-6(4-10(12,13)14)8-9(16-5)7(11)2-3-15-8;1-2/h2-3H,4H2,1H3;1-2H3.